The van der Waals surface area contributed by atoms with E-state index in [1.54, 1.807) is 0 Å². The molecule has 0 bridgehead atoms. The highest BCUT2D eigenvalue weighted by atomic mass is 28.3. The Morgan fingerprint density at radius 3 is 1.58 bits per heavy atom. The average Bonchev–Trinajstić information content (AvgIpc) is 2.51. The van der Waals surface area contributed by atoms with Crippen LogP contribution in [0.1, 0.15) is 22.3 Å². The van der Waals surface area contributed by atoms with Crippen LogP contribution in [0.2, 0.25) is 19.6 Å². The van der Waals surface area contributed by atoms with Crippen molar-refractivity contribution in [1.82, 2.24) is 9.80 Å². The molecule has 140 valence electrons. The molecule has 0 aromatic heterocycles. The van der Waals surface area contributed by atoms with Gasteiger partial charge in [-0.1, -0.05) is 79.4 Å². The van der Waals surface area contributed by atoms with Gasteiger partial charge in [-0.15, -0.1) is 0 Å². The molecule has 0 saturated heterocycles. The van der Waals surface area contributed by atoms with E-state index in [0.29, 0.717) is 0 Å². The van der Waals surface area contributed by atoms with Gasteiger partial charge in [0.1, 0.15) is 0 Å². The number of hydrogen-bond acceptors (Lipinski definition) is 2. The van der Waals surface area contributed by atoms with Crippen LogP contribution in [0.15, 0.2) is 42.5 Å². The molecule has 0 radical (unpaired) electrons. The fourth-order valence-corrected chi connectivity index (χ4v) is 4.25. The molecule has 0 amide bonds. The van der Waals surface area contributed by atoms with E-state index in [1.807, 2.05) is 0 Å². The van der Waals surface area contributed by atoms with Crippen LogP contribution >= 0.6 is 0 Å². The number of rotatable bonds is 7. The van der Waals surface area contributed by atoms with E-state index >= 15 is 0 Å². The molecule has 0 spiro atoms. The molecule has 0 N–H and O–H groups in total. The lowest BCUT2D eigenvalue weighted by molar-refractivity contribution is 0.395. The highest BCUT2D eigenvalue weighted by Crippen LogP contribution is 2.16. The summed E-state index contributed by atoms with van der Waals surface area (Å²) < 4.78 is 0. The van der Waals surface area contributed by atoms with Gasteiger partial charge in [0, 0.05) is 13.1 Å². The van der Waals surface area contributed by atoms with Crippen molar-refractivity contribution in [2.75, 3.05) is 28.2 Å². The van der Waals surface area contributed by atoms with Crippen molar-refractivity contribution in [2.45, 2.75) is 32.7 Å². The fourth-order valence-electron chi connectivity index (χ4n) is 3.09. The molecule has 2 nitrogen and oxygen atoms in total. The van der Waals surface area contributed by atoms with Gasteiger partial charge in [0.05, 0.1) is 8.07 Å². The Labute approximate surface area is 161 Å². The molecule has 3 heteroatoms. The summed E-state index contributed by atoms with van der Waals surface area (Å²) in [7, 11) is 7.25. The van der Waals surface area contributed by atoms with Gasteiger partial charge in [0.25, 0.3) is 0 Å². The van der Waals surface area contributed by atoms with E-state index in [2.05, 4.69) is 112 Å². The van der Waals surface area contributed by atoms with E-state index < -0.39 is 8.07 Å². The first-order valence-electron chi connectivity index (χ1n) is 9.34. The van der Waals surface area contributed by atoms with E-state index in [0.717, 1.165) is 13.1 Å². The quantitative estimate of drug-likeness (QED) is 0.525. The number of nitrogens with zero attached hydrogens (tertiary/aromatic N) is 2. The first-order valence-corrected chi connectivity index (χ1v) is 12.8. The maximum absolute atomic E-state index is 2.39. The van der Waals surface area contributed by atoms with Gasteiger partial charge in [-0.3, -0.25) is 0 Å². The molecule has 0 atom stereocenters. The zero-order valence-electron chi connectivity index (χ0n) is 17.5. The van der Waals surface area contributed by atoms with E-state index in [1.165, 1.54) is 27.4 Å². The average molecular weight is 367 g/mol. The third-order valence-electron chi connectivity index (χ3n) is 4.32. The molecule has 2 aromatic rings. The second kappa shape index (κ2) is 8.80. The molecule has 0 aliphatic heterocycles. The minimum absolute atomic E-state index is 0.965. The van der Waals surface area contributed by atoms with Crippen molar-refractivity contribution in [2.24, 2.45) is 0 Å². The molecule has 0 fully saturated rings. The van der Waals surface area contributed by atoms with Crippen LogP contribution in [0.5, 0.6) is 0 Å². The minimum atomic E-state index is -1.22. The van der Waals surface area contributed by atoms with Crippen LogP contribution in [0.25, 0.3) is 12.2 Å². The summed E-state index contributed by atoms with van der Waals surface area (Å²) in [6.07, 6.45) is 4.46. The summed E-state index contributed by atoms with van der Waals surface area (Å²) in [5.74, 6) is 0. The van der Waals surface area contributed by atoms with Crippen molar-refractivity contribution in [1.29, 1.82) is 0 Å². The van der Waals surface area contributed by atoms with Crippen LogP contribution in [0.3, 0.4) is 0 Å². The summed E-state index contributed by atoms with van der Waals surface area (Å²) in [6, 6.07) is 16.0. The Morgan fingerprint density at radius 2 is 1.15 bits per heavy atom. The maximum atomic E-state index is 2.39. The Bertz CT molecular complexity index is 710. The van der Waals surface area contributed by atoms with Crippen molar-refractivity contribution < 1.29 is 0 Å². The van der Waals surface area contributed by atoms with Crippen LogP contribution in [-0.2, 0) is 13.1 Å². The number of hydrogen-bond donors (Lipinski definition) is 0. The Kier molecular flexibility index (Phi) is 6.99. The first-order chi connectivity index (χ1) is 12.1. The lowest BCUT2D eigenvalue weighted by Crippen LogP contribution is -2.37. The second-order valence-electron chi connectivity index (χ2n) is 8.76. The van der Waals surface area contributed by atoms with Crippen molar-refractivity contribution >= 4 is 25.4 Å². The zero-order valence-corrected chi connectivity index (χ0v) is 18.5. The first kappa shape index (κ1) is 20.6. The van der Waals surface area contributed by atoms with Crippen molar-refractivity contribution in [3.05, 3.63) is 64.7 Å². The van der Waals surface area contributed by atoms with E-state index in [9.17, 15) is 0 Å². The summed E-state index contributed by atoms with van der Waals surface area (Å²) in [6.45, 7) is 9.10. The Hall–Kier alpha value is -1.68. The predicted octanol–water partition coefficient (Wildman–Crippen LogP) is 4.53. The van der Waals surface area contributed by atoms with Crippen LogP contribution in [0.4, 0.5) is 0 Å². The largest absolute Gasteiger partial charge is 0.305 e. The Balaban J connectivity index is 2.24. The molecule has 0 aliphatic carbocycles. The van der Waals surface area contributed by atoms with Gasteiger partial charge in [0.2, 0.25) is 0 Å². The molecular formula is C23H34N2Si. The standard InChI is InChI=1S/C23H34N2Si/c1-24(2)17-21-14-20(15-22(16-21)18-25(3)4)9-8-19-10-12-23(13-11-19)26(5,6)7/h8-16H,17-18H2,1-7H3/b9-8+. The van der Waals surface area contributed by atoms with Gasteiger partial charge < -0.3 is 9.80 Å². The highest BCUT2D eigenvalue weighted by molar-refractivity contribution is 6.88. The second-order valence-corrected chi connectivity index (χ2v) is 13.8. The zero-order chi connectivity index (χ0) is 19.3. The summed E-state index contributed by atoms with van der Waals surface area (Å²) >= 11 is 0. The summed E-state index contributed by atoms with van der Waals surface area (Å²) in [5.41, 5.74) is 5.26. The lowest BCUT2D eigenvalue weighted by Gasteiger charge is -2.16. The lowest BCUT2D eigenvalue weighted by atomic mass is 10.0. The highest BCUT2D eigenvalue weighted by Gasteiger charge is 2.15. The predicted molar refractivity (Wildman–Crippen MR) is 120 cm³/mol. The molecule has 0 aliphatic rings. The van der Waals surface area contributed by atoms with Gasteiger partial charge in [-0.2, -0.15) is 0 Å². The van der Waals surface area contributed by atoms with Gasteiger partial charge >= 0.3 is 0 Å². The molecule has 2 aromatic carbocycles. The fraction of sp³-hybridized carbons (Fsp3) is 0.391. The molecule has 0 unspecified atom stereocenters. The molecule has 2 rings (SSSR count). The van der Waals surface area contributed by atoms with Crippen LogP contribution in [-0.4, -0.2) is 46.1 Å². The van der Waals surface area contributed by atoms with Crippen molar-refractivity contribution in [3.63, 3.8) is 0 Å². The van der Waals surface area contributed by atoms with Gasteiger partial charge in [-0.25, -0.2) is 0 Å². The topological polar surface area (TPSA) is 6.48 Å². The third kappa shape index (κ3) is 6.56. The smallest absolute Gasteiger partial charge is 0.0775 e. The third-order valence-corrected chi connectivity index (χ3v) is 6.38. The molecule has 26 heavy (non-hydrogen) atoms. The number of benzene rings is 2. The summed E-state index contributed by atoms with van der Waals surface area (Å²) in [4.78, 5) is 4.44. The Morgan fingerprint density at radius 1 is 0.692 bits per heavy atom. The maximum Gasteiger partial charge on any atom is 0.0775 e. The normalized spacial score (nSPS) is 12.5. The SMILES string of the molecule is CN(C)Cc1cc(/C=C/c2ccc([Si](C)(C)C)cc2)cc(CN(C)C)c1. The van der Waals surface area contributed by atoms with Crippen LogP contribution < -0.4 is 5.19 Å². The minimum Gasteiger partial charge on any atom is -0.305 e. The van der Waals surface area contributed by atoms with E-state index in [-0.39, 0.29) is 0 Å². The summed E-state index contributed by atoms with van der Waals surface area (Å²) in [5, 5.41) is 1.51. The monoisotopic (exact) mass is 366 g/mol. The van der Waals surface area contributed by atoms with E-state index in [4.69, 9.17) is 0 Å². The molecule has 0 heterocycles. The molecular weight excluding hydrogens is 332 g/mol. The van der Waals surface area contributed by atoms with Crippen LogP contribution in [0, 0.1) is 0 Å². The van der Waals surface area contributed by atoms with Gasteiger partial charge in [0.15, 0.2) is 0 Å². The van der Waals surface area contributed by atoms with Crippen molar-refractivity contribution in [3.8, 4) is 0 Å². The van der Waals surface area contributed by atoms with Gasteiger partial charge in [-0.05, 0) is 50.4 Å². The molecule has 0 saturated carbocycles.